The van der Waals surface area contributed by atoms with Crippen LogP contribution in [0.2, 0.25) is 0 Å². The second-order valence-electron chi connectivity index (χ2n) is 5.86. The molecule has 1 atom stereocenters. The predicted molar refractivity (Wildman–Crippen MR) is 97.8 cm³/mol. The van der Waals surface area contributed by atoms with Crippen LogP contribution in [0.15, 0.2) is 53.4 Å². The van der Waals surface area contributed by atoms with Crippen LogP contribution in [-0.4, -0.2) is 37.6 Å². The number of urea groups is 1. The topological polar surface area (TPSA) is 110 Å². The van der Waals surface area contributed by atoms with Gasteiger partial charge in [0.2, 0.25) is 0 Å². The molecule has 0 radical (unpaired) electrons. The summed E-state index contributed by atoms with van der Waals surface area (Å²) in [6, 6.07) is 11.2. The Labute approximate surface area is 151 Å². The van der Waals surface area contributed by atoms with E-state index < -0.39 is 20.8 Å². The summed E-state index contributed by atoms with van der Waals surface area (Å²) < 4.78 is 23.0. The molecule has 0 aliphatic rings. The molecule has 0 bridgehead atoms. The maximum atomic E-state index is 12.4. The first-order chi connectivity index (χ1) is 12.1. The summed E-state index contributed by atoms with van der Waals surface area (Å²) >= 11 is 0. The van der Waals surface area contributed by atoms with Gasteiger partial charge >= 0.3 is 6.03 Å². The molecule has 0 aromatic heterocycles. The van der Waals surface area contributed by atoms with Crippen molar-refractivity contribution in [1.82, 2.24) is 4.90 Å². The van der Waals surface area contributed by atoms with Gasteiger partial charge in [-0.05, 0) is 36.8 Å². The number of anilines is 1. The van der Waals surface area contributed by atoms with E-state index in [-0.39, 0.29) is 16.6 Å². The summed E-state index contributed by atoms with van der Waals surface area (Å²) in [5, 5.41) is 13.3. The Balaban J connectivity index is 2.08. The lowest BCUT2D eigenvalue weighted by Crippen LogP contribution is -2.33. The molecule has 0 spiro atoms. The van der Waals surface area contributed by atoms with Crippen LogP contribution in [0.1, 0.15) is 18.5 Å². The van der Waals surface area contributed by atoms with Crippen molar-refractivity contribution in [1.29, 1.82) is 0 Å². The molecule has 0 aliphatic heterocycles. The molecule has 138 valence electrons. The van der Waals surface area contributed by atoms with E-state index in [9.17, 15) is 23.3 Å². The normalized spacial score (nSPS) is 12.3. The Hall–Kier alpha value is -2.94. The van der Waals surface area contributed by atoms with Crippen molar-refractivity contribution in [3.63, 3.8) is 0 Å². The summed E-state index contributed by atoms with van der Waals surface area (Å²) in [7, 11) is -1.67. The number of nitrogens with zero attached hydrogens (tertiary/aromatic N) is 2. The summed E-state index contributed by atoms with van der Waals surface area (Å²) in [5.41, 5.74) is 1.15. The number of nitro benzene ring substituents is 1. The van der Waals surface area contributed by atoms with E-state index in [0.29, 0.717) is 5.69 Å². The zero-order valence-corrected chi connectivity index (χ0v) is 15.4. The minimum Gasteiger partial charge on any atom is -0.321 e. The Bertz CT molecular complexity index is 908. The van der Waals surface area contributed by atoms with Crippen molar-refractivity contribution in [3.8, 4) is 0 Å². The predicted octanol–water partition coefficient (Wildman–Crippen LogP) is 3.22. The van der Waals surface area contributed by atoms with E-state index in [2.05, 4.69) is 5.32 Å². The largest absolute Gasteiger partial charge is 0.322 e. The van der Waals surface area contributed by atoms with Crippen LogP contribution in [0.3, 0.4) is 0 Å². The molecular weight excluding hydrogens is 358 g/mol. The second-order valence-corrected chi connectivity index (χ2v) is 7.88. The lowest BCUT2D eigenvalue weighted by atomic mass is 10.1. The summed E-state index contributed by atoms with van der Waals surface area (Å²) in [4.78, 5) is 24.2. The third-order valence-electron chi connectivity index (χ3n) is 4.02. The molecule has 0 aliphatic carbocycles. The number of nitro groups is 1. The quantitative estimate of drug-likeness (QED) is 0.635. The third kappa shape index (κ3) is 4.57. The fourth-order valence-electron chi connectivity index (χ4n) is 2.27. The maximum Gasteiger partial charge on any atom is 0.322 e. The molecule has 2 rings (SSSR count). The van der Waals surface area contributed by atoms with Crippen molar-refractivity contribution >= 4 is 27.2 Å². The second kappa shape index (κ2) is 7.52. The van der Waals surface area contributed by atoms with Gasteiger partial charge in [0.15, 0.2) is 9.84 Å². The maximum absolute atomic E-state index is 12.4. The molecule has 2 aromatic carbocycles. The fraction of sp³-hybridized carbons (Fsp3) is 0.235. The van der Waals surface area contributed by atoms with E-state index in [1.54, 1.807) is 19.2 Å². The van der Waals surface area contributed by atoms with Crippen molar-refractivity contribution in [2.24, 2.45) is 0 Å². The van der Waals surface area contributed by atoms with E-state index in [4.69, 9.17) is 0 Å². The van der Waals surface area contributed by atoms with Crippen LogP contribution >= 0.6 is 0 Å². The van der Waals surface area contributed by atoms with Crippen LogP contribution in [-0.2, 0) is 9.84 Å². The number of non-ortho nitro benzene ring substituents is 1. The Morgan fingerprint density at radius 1 is 1.12 bits per heavy atom. The molecule has 2 amide bonds. The van der Waals surface area contributed by atoms with Crippen LogP contribution in [0.5, 0.6) is 0 Å². The minimum atomic E-state index is -3.27. The smallest absolute Gasteiger partial charge is 0.321 e. The highest BCUT2D eigenvalue weighted by molar-refractivity contribution is 7.90. The lowest BCUT2D eigenvalue weighted by Gasteiger charge is -2.25. The van der Waals surface area contributed by atoms with Gasteiger partial charge in [-0.1, -0.05) is 12.1 Å². The lowest BCUT2D eigenvalue weighted by molar-refractivity contribution is -0.384. The Morgan fingerprint density at radius 3 is 2.12 bits per heavy atom. The molecule has 0 fully saturated rings. The highest BCUT2D eigenvalue weighted by Crippen LogP contribution is 2.22. The summed E-state index contributed by atoms with van der Waals surface area (Å²) in [5.74, 6) is 0. The van der Waals surface area contributed by atoms with E-state index in [0.717, 1.165) is 11.8 Å². The van der Waals surface area contributed by atoms with Crippen LogP contribution in [0.4, 0.5) is 16.2 Å². The SMILES string of the molecule is CC(c1ccc(S(C)(=O)=O)cc1)N(C)C(=O)Nc1ccc([N+](=O)[O-])cc1. The van der Waals surface area contributed by atoms with Gasteiger partial charge in [-0.3, -0.25) is 10.1 Å². The number of hydrogen-bond donors (Lipinski definition) is 1. The molecule has 0 saturated heterocycles. The first-order valence-corrected chi connectivity index (χ1v) is 9.57. The number of carbonyl (C=O) groups is 1. The number of sulfone groups is 1. The highest BCUT2D eigenvalue weighted by atomic mass is 32.2. The molecule has 8 nitrogen and oxygen atoms in total. The van der Waals surface area contributed by atoms with E-state index in [1.165, 1.54) is 41.3 Å². The molecule has 1 N–H and O–H groups in total. The minimum absolute atomic E-state index is 0.0595. The Morgan fingerprint density at radius 2 is 1.65 bits per heavy atom. The van der Waals surface area contributed by atoms with Crippen LogP contribution in [0.25, 0.3) is 0 Å². The van der Waals surface area contributed by atoms with Crippen molar-refractivity contribution in [2.45, 2.75) is 17.9 Å². The molecule has 0 heterocycles. The van der Waals surface area contributed by atoms with Crippen LogP contribution < -0.4 is 5.32 Å². The number of carbonyl (C=O) groups excluding carboxylic acids is 1. The van der Waals surface area contributed by atoms with Crippen LogP contribution in [0, 0.1) is 10.1 Å². The van der Waals surface area contributed by atoms with E-state index in [1.807, 2.05) is 6.92 Å². The standard InChI is InChI=1S/C17H19N3O5S/c1-12(13-4-10-16(11-5-13)26(3,24)25)19(2)17(21)18-14-6-8-15(9-7-14)20(22)23/h4-12H,1-3H3,(H,18,21). The average molecular weight is 377 g/mol. The van der Waals surface area contributed by atoms with Gasteiger partial charge in [0.05, 0.1) is 15.9 Å². The van der Waals surface area contributed by atoms with Crippen molar-refractivity contribution < 1.29 is 18.1 Å². The molecule has 9 heteroatoms. The van der Waals surface area contributed by atoms with Gasteiger partial charge in [0.25, 0.3) is 5.69 Å². The third-order valence-corrected chi connectivity index (χ3v) is 5.15. The summed E-state index contributed by atoms with van der Waals surface area (Å²) in [6.07, 6.45) is 1.13. The van der Waals surface area contributed by atoms with Gasteiger partial charge in [-0.15, -0.1) is 0 Å². The number of amides is 2. The first-order valence-electron chi connectivity index (χ1n) is 7.68. The molecule has 26 heavy (non-hydrogen) atoms. The molecule has 1 unspecified atom stereocenters. The monoisotopic (exact) mass is 377 g/mol. The van der Waals surface area contributed by atoms with Gasteiger partial charge in [0, 0.05) is 31.1 Å². The average Bonchev–Trinajstić information content (AvgIpc) is 2.60. The number of hydrogen-bond acceptors (Lipinski definition) is 5. The van der Waals surface area contributed by atoms with Gasteiger partial charge < -0.3 is 10.2 Å². The van der Waals surface area contributed by atoms with Crippen molar-refractivity contribution in [2.75, 3.05) is 18.6 Å². The van der Waals surface area contributed by atoms with E-state index >= 15 is 0 Å². The molecular formula is C17H19N3O5S. The number of benzene rings is 2. The highest BCUT2D eigenvalue weighted by Gasteiger charge is 2.18. The van der Waals surface area contributed by atoms with Crippen molar-refractivity contribution in [3.05, 3.63) is 64.2 Å². The Kier molecular flexibility index (Phi) is 5.61. The zero-order valence-electron chi connectivity index (χ0n) is 14.5. The first kappa shape index (κ1) is 19.4. The van der Waals surface area contributed by atoms with Gasteiger partial charge in [0.1, 0.15) is 0 Å². The number of nitrogens with one attached hydrogen (secondary N) is 1. The fourth-order valence-corrected chi connectivity index (χ4v) is 2.90. The van der Waals surface area contributed by atoms with Gasteiger partial charge in [-0.25, -0.2) is 13.2 Å². The zero-order chi connectivity index (χ0) is 19.5. The molecule has 0 saturated carbocycles. The molecule has 2 aromatic rings. The van der Waals surface area contributed by atoms with Gasteiger partial charge in [-0.2, -0.15) is 0 Å². The number of rotatable bonds is 5. The summed E-state index contributed by atoms with van der Waals surface area (Å²) in [6.45, 7) is 1.81.